The van der Waals surface area contributed by atoms with Crippen LogP contribution in [0.25, 0.3) is 0 Å². The molecule has 0 saturated heterocycles. The van der Waals surface area contributed by atoms with Gasteiger partial charge in [0.25, 0.3) is 0 Å². The van der Waals surface area contributed by atoms with Crippen LogP contribution in [0.5, 0.6) is 0 Å². The minimum atomic E-state index is 0.820. The van der Waals surface area contributed by atoms with Crippen molar-refractivity contribution in [3.63, 3.8) is 0 Å². The monoisotopic (exact) mass is 374 g/mol. The molecule has 0 heterocycles. The van der Waals surface area contributed by atoms with E-state index in [2.05, 4.69) is 86.7 Å². The Morgan fingerprint density at radius 1 is 0.815 bits per heavy atom. The van der Waals surface area contributed by atoms with Crippen LogP contribution < -0.4 is 0 Å². The molecular formula is C26H30S. The molecule has 2 aromatic rings. The maximum absolute atomic E-state index is 2.43. The summed E-state index contributed by atoms with van der Waals surface area (Å²) in [6, 6.07) is 19.0. The lowest BCUT2D eigenvalue weighted by Crippen LogP contribution is -2.07. The van der Waals surface area contributed by atoms with Crippen molar-refractivity contribution < 1.29 is 0 Å². The Bertz CT molecular complexity index is 794. The van der Waals surface area contributed by atoms with Crippen LogP contribution in [-0.2, 0) is 0 Å². The molecule has 0 aromatic heterocycles. The van der Waals surface area contributed by atoms with Gasteiger partial charge in [-0.15, -0.1) is 0 Å². The molecule has 1 heteroatoms. The summed E-state index contributed by atoms with van der Waals surface area (Å²) in [5, 5.41) is 0. The molecule has 0 amide bonds. The Morgan fingerprint density at radius 3 is 2.19 bits per heavy atom. The molecule has 0 bridgehead atoms. The van der Waals surface area contributed by atoms with Gasteiger partial charge < -0.3 is 0 Å². The number of allylic oxidation sites excluding steroid dienone is 6. The van der Waals surface area contributed by atoms with Crippen LogP contribution in [-0.4, -0.2) is 0 Å². The van der Waals surface area contributed by atoms with Crippen molar-refractivity contribution in [3.05, 3.63) is 95.6 Å². The number of aryl methyl sites for hydroxylation is 1. The minimum Gasteiger partial charge on any atom is -0.0901 e. The van der Waals surface area contributed by atoms with Crippen molar-refractivity contribution in [2.45, 2.75) is 55.7 Å². The van der Waals surface area contributed by atoms with Crippen molar-refractivity contribution >= 4 is 11.8 Å². The van der Waals surface area contributed by atoms with Gasteiger partial charge in [-0.25, -0.2) is 0 Å². The van der Waals surface area contributed by atoms with E-state index in [1.807, 2.05) is 6.07 Å². The molecule has 0 N–H and O–H groups in total. The van der Waals surface area contributed by atoms with Crippen LogP contribution >= 0.6 is 11.8 Å². The highest BCUT2D eigenvalue weighted by Gasteiger charge is 2.15. The van der Waals surface area contributed by atoms with E-state index >= 15 is 0 Å². The summed E-state index contributed by atoms with van der Waals surface area (Å²) in [7, 11) is 0. The van der Waals surface area contributed by atoms with E-state index in [-0.39, 0.29) is 0 Å². The molecule has 2 aliphatic rings. The topological polar surface area (TPSA) is 0 Å². The second-order valence-electron chi connectivity index (χ2n) is 7.43. The minimum absolute atomic E-state index is 0.820. The molecule has 4 rings (SSSR count). The van der Waals surface area contributed by atoms with Crippen LogP contribution in [0.1, 0.15) is 44.6 Å². The van der Waals surface area contributed by atoms with Crippen molar-refractivity contribution in [1.29, 1.82) is 0 Å². The van der Waals surface area contributed by atoms with E-state index in [4.69, 9.17) is 0 Å². The van der Waals surface area contributed by atoms with Crippen molar-refractivity contribution in [3.8, 4) is 0 Å². The smallest absolute Gasteiger partial charge is 0.0122 e. The summed E-state index contributed by atoms with van der Waals surface area (Å²) in [4.78, 5) is 2.58. The molecular weight excluding hydrogens is 344 g/mol. The molecule has 0 fully saturated rings. The van der Waals surface area contributed by atoms with Gasteiger partial charge in [-0.2, -0.15) is 0 Å². The lowest BCUT2D eigenvalue weighted by molar-refractivity contribution is 0.544. The van der Waals surface area contributed by atoms with E-state index in [1.165, 1.54) is 47.5 Å². The summed E-state index contributed by atoms with van der Waals surface area (Å²) in [5.74, 6) is 0.820. The van der Waals surface area contributed by atoms with Gasteiger partial charge in [0.15, 0.2) is 0 Å². The molecule has 2 aliphatic carbocycles. The summed E-state index contributed by atoms with van der Waals surface area (Å²) < 4.78 is 0. The third kappa shape index (κ3) is 6.59. The first-order valence-electron chi connectivity index (χ1n) is 10.0. The lowest BCUT2D eigenvalue weighted by atomic mass is 9.83. The first-order valence-corrected chi connectivity index (χ1v) is 10.8. The SMILES string of the molecule is CC1=CCC(C2=CCCC=C2)CC1.Cc1ccc(Sc2ccccc2)cc1. The molecule has 1 unspecified atom stereocenters. The van der Waals surface area contributed by atoms with Crippen LogP contribution in [0.2, 0.25) is 0 Å². The fourth-order valence-electron chi connectivity index (χ4n) is 3.44. The van der Waals surface area contributed by atoms with E-state index in [9.17, 15) is 0 Å². The number of hydrogen-bond acceptors (Lipinski definition) is 1. The predicted molar refractivity (Wildman–Crippen MR) is 119 cm³/mol. The molecule has 0 spiro atoms. The van der Waals surface area contributed by atoms with Gasteiger partial charge in [0, 0.05) is 9.79 Å². The van der Waals surface area contributed by atoms with E-state index in [1.54, 1.807) is 22.9 Å². The normalized spacial score (nSPS) is 18.8. The quantitative estimate of drug-likeness (QED) is 0.488. The predicted octanol–water partition coefficient (Wildman–Crippen LogP) is 8.16. The maximum atomic E-state index is 2.43. The molecule has 140 valence electrons. The van der Waals surface area contributed by atoms with Gasteiger partial charge in [0.05, 0.1) is 0 Å². The van der Waals surface area contributed by atoms with Crippen LogP contribution in [0.3, 0.4) is 0 Å². The third-order valence-corrected chi connectivity index (χ3v) is 6.15. The van der Waals surface area contributed by atoms with Crippen LogP contribution in [0.4, 0.5) is 0 Å². The Balaban J connectivity index is 0.000000156. The lowest BCUT2D eigenvalue weighted by Gasteiger charge is -2.22. The summed E-state index contributed by atoms with van der Waals surface area (Å²) in [6.45, 7) is 4.36. The van der Waals surface area contributed by atoms with Gasteiger partial charge in [0.1, 0.15) is 0 Å². The van der Waals surface area contributed by atoms with Gasteiger partial charge in [-0.3, -0.25) is 0 Å². The molecule has 0 nitrogen and oxygen atoms in total. The van der Waals surface area contributed by atoms with E-state index in [0.29, 0.717) is 0 Å². The zero-order valence-corrected chi connectivity index (χ0v) is 17.3. The average molecular weight is 375 g/mol. The van der Waals surface area contributed by atoms with Crippen molar-refractivity contribution in [1.82, 2.24) is 0 Å². The van der Waals surface area contributed by atoms with Gasteiger partial charge >= 0.3 is 0 Å². The van der Waals surface area contributed by atoms with Gasteiger partial charge in [-0.1, -0.05) is 77.5 Å². The third-order valence-electron chi connectivity index (χ3n) is 5.13. The fourth-order valence-corrected chi connectivity index (χ4v) is 4.27. The Labute approximate surface area is 169 Å². The Hall–Kier alpha value is -1.99. The number of hydrogen-bond donors (Lipinski definition) is 0. The molecule has 0 radical (unpaired) electrons. The molecule has 0 aliphatic heterocycles. The first kappa shape index (κ1) is 19.8. The highest BCUT2D eigenvalue weighted by atomic mass is 32.2. The second kappa shape index (κ2) is 10.4. The van der Waals surface area contributed by atoms with Crippen LogP contribution in [0, 0.1) is 12.8 Å². The van der Waals surface area contributed by atoms with E-state index in [0.717, 1.165) is 5.92 Å². The van der Waals surface area contributed by atoms with Crippen molar-refractivity contribution in [2.75, 3.05) is 0 Å². The number of rotatable bonds is 3. The molecule has 2 aromatic carbocycles. The van der Waals surface area contributed by atoms with E-state index < -0.39 is 0 Å². The molecule has 0 saturated carbocycles. The zero-order valence-electron chi connectivity index (χ0n) is 16.5. The molecule has 27 heavy (non-hydrogen) atoms. The maximum Gasteiger partial charge on any atom is 0.0122 e. The average Bonchev–Trinajstić information content (AvgIpc) is 2.72. The highest BCUT2D eigenvalue weighted by molar-refractivity contribution is 7.99. The Morgan fingerprint density at radius 2 is 1.56 bits per heavy atom. The Kier molecular flexibility index (Phi) is 7.59. The summed E-state index contributed by atoms with van der Waals surface area (Å²) in [5.41, 5.74) is 4.48. The summed E-state index contributed by atoms with van der Waals surface area (Å²) >= 11 is 1.80. The van der Waals surface area contributed by atoms with Crippen LogP contribution in [0.15, 0.2) is 99.8 Å². The largest absolute Gasteiger partial charge is 0.0901 e. The second-order valence-corrected chi connectivity index (χ2v) is 8.58. The molecule has 1 atom stereocenters. The zero-order chi connectivity index (χ0) is 18.9. The summed E-state index contributed by atoms with van der Waals surface area (Å²) in [6.07, 6.45) is 15.9. The first-order chi connectivity index (χ1) is 13.2. The highest BCUT2D eigenvalue weighted by Crippen LogP contribution is 2.31. The standard InChI is InChI=1S/C13H12S.C13H18/c1-11-7-9-13(10-8-11)14-12-5-3-2-4-6-12;1-11-7-9-13(10-8-11)12-5-3-2-4-6-12/h2-10H,1H3;3,5-7,13H,2,4,8-10H2,1H3. The van der Waals surface area contributed by atoms with Gasteiger partial charge in [-0.05, 0) is 81.7 Å². The van der Waals surface area contributed by atoms with Crippen molar-refractivity contribution in [2.24, 2.45) is 5.92 Å². The van der Waals surface area contributed by atoms with Gasteiger partial charge in [0.2, 0.25) is 0 Å². The number of benzene rings is 2. The fraction of sp³-hybridized carbons (Fsp3) is 0.308.